The average Bonchev–Trinajstić information content (AvgIpc) is 2.40. The van der Waals surface area contributed by atoms with Crippen LogP contribution >= 0.6 is 0 Å². The summed E-state index contributed by atoms with van der Waals surface area (Å²) in [5.41, 5.74) is 2.08. The molecule has 0 aromatic heterocycles. The van der Waals surface area contributed by atoms with E-state index in [2.05, 4.69) is 40.7 Å². The van der Waals surface area contributed by atoms with Gasteiger partial charge < -0.3 is 0 Å². The van der Waals surface area contributed by atoms with Crippen molar-refractivity contribution in [3.63, 3.8) is 0 Å². The van der Waals surface area contributed by atoms with Crippen molar-refractivity contribution in [2.45, 2.75) is 41.0 Å². The van der Waals surface area contributed by atoms with Gasteiger partial charge in [0.25, 0.3) is 0 Å². The molecule has 64 valence electrons. The van der Waals surface area contributed by atoms with Crippen LogP contribution < -0.4 is 0 Å². The van der Waals surface area contributed by atoms with Crippen LogP contribution in [0, 0.1) is 17.3 Å². The molecule has 0 spiro atoms. The summed E-state index contributed by atoms with van der Waals surface area (Å²) in [6.45, 7) is 11.5. The van der Waals surface area contributed by atoms with Gasteiger partial charge in [-0.3, -0.25) is 0 Å². The monoisotopic (exact) mass is 152 g/mol. The molecule has 0 heteroatoms. The van der Waals surface area contributed by atoms with Crippen LogP contribution in [0.2, 0.25) is 0 Å². The van der Waals surface area contributed by atoms with Crippen molar-refractivity contribution >= 4 is 0 Å². The normalized spacial score (nSPS) is 38.1. The fraction of sp³-hybridized carbons (Fsp3) is 0.818. The minimum absolute atomic E-state index is 0.622. The molecule has 11 heavy (non-hydrogen) atoms. The number of hydrogen-bond donors (Lipinski definition) is 0. The van der Waals surface area contributed by atoms with E-state index >= 15 is 0 Å². The summed E-state index contributed by atoms with van der Waals surface area (Å²) in [5, 5.41) is 0. The van der Waals surface area contributed by atoms with Crippen molar-refractivity contribution < 1.29 is 0 Å². The zero-order valence-corrected chi connectivity index (χ0v) is 8.44. The highest BCUT2D eigenvalue weighted by Gasteiger charge is 2.49. The molecule has 3 unspecified atom stereocenters. The molecule has 0 aliphatic heterocycles. The Hall–Kier alpha value is -0.260. The van der Waals surface area contributed by atoms with Gasteiger partial charge in [0, 0.05) is 0 Å². The first-order valence-corrected chi connectivity index (χ1v) is 4.62. The lowest BCUT2D eigenvalue weighted by Crippen LogP contribution is -2.08. The summed E-state index contributed by atoms with van der Waals surface area (Å²) < 4.78 is 0. The Morgan fingerprint density at radius 3 is 2.27 bits per heavy atom. The standard InChI is InChI=1S/C11H20/c1-8(2)6-9(3)11(5)7-10(11)4/h6,9-10H,7H2,1-5H3. The van der Waals surface area contributed by atoms with E-state index in [4.69, 9.17) is 0 Å². The van der Waals surface area contributed by atoms with Crippen LogP contribution in [0.5, 0.6) is 0 Å². The summed E-state index contributed by atoms with van der Waals surface area (Å²) >= 11 is 0. The lowest BCUT2D eigenvalue weighted by Gasteiger charge is -2.16. The zero-order valence-electron chi connectivity index (χ0n) is 8.44. The molecule has 0 nitrogen and oxygen atoms in total. The van der Waals surface area contributed by atoms with Crippen LogP contribution in [0.4, 0.5) is 0 Å². The second kappa shape index (κ2) is 2.66. The van der Waals surface area contributed by atoms with Gasteiger partial charge in [-0.15, -0.1) is 0 Å². The van der Waals surface area contributed by atoms with Gasteiger partial charge in [-0.2, -0.15) is 0 Å². The summed E-state index contributed by atoms with van der Waals surface area (Å²) in [7, 11) is 0. The highest BCUT2D eigenvalue weighted by molar-refractivity contribution is 5.09. The molecular weight excluding hydrogens is 132 g/mol. The van der Waals surface area contributed by atoms with Crippen LogP contribution in [0.25, 0.3) is 0 Å². The van der Waals surface area contributed by atoms with Gasteiger partial charge in [0.2, 0.25) is 0 Å². The van der Waals surface area contributed by atoms with Crippen LogP contribution in [0.3, 0.4) is 0 Å². The molecule has 1 aliphatic carbocycles. The second-order valence-corrected chi connectivity index (χ2v) is 4.64. The number of rotatable bonds is 2. The van der Waals surface area contributed by atoms with Gasteiger partial charge in [0.1, 0.15) is 0 Å². The molecule has 1 fully saturated rings. The minimum Gasteiger partial charge on any atom is -0.0825 e. The third-order valence-corrected chi connectivity index (χ3v) is 3.34. The Kier molecular flexibility index (Phi) is 2.13. The maximum absolute atomic E-state index is 2.41. The smallest absolute Gasteiger partial charge is 0.0203 e. The lowest BCUT2D eigenvalue weighted by molar-refractivity contribution is 0.402. The van der Waals surface area contributed by atoms with Crippen LogP contribution in [-0.4, -0.2) is 0 Å². The van der Waals surface area contributed by atoms with Gasteiger partial charge >= 0.3 is 0 Å². The Balaban J connectivity index is 2.56. The quantitative estimate of drug-likeness (QED) is 0.530. The van der Waals surface area contributed by atoms with E-state index in [1.54, 1.807) is 0 Å². The van der Waals surface area contributed by atoms with Gasteiger partial charge in [-0.05, 0) is 37.5 Å². The summed E-state index contributed by atoms with van der Waals surface area (Å²) in [4.78, 5) is 0. The number of hydrogen-bond acceptors (Lipinski definition) is 0. The van der Waals surface area contributed by atoms with E-state index in [9.17, 15) is 0 Å². The van der Waals surface area contributed by atoms with E-state index in [1.165, 1.54) is 12.0 Å². The fourth-order valence-corrected chi connectivity index (χ4v) is 1.93. The maximum Gasteiger partial charge on any atom is -0.0203 e. The van der Waals surface area contributed by atoms with E-state index < -0.39 is 0 Å². The summed E-state index contributed by atoms with van der Waals surface area (Å²) in [6, 6.07) is 0. The Labute approximate surface area is 70.7 Å². The summed E-state index contributed by atoms with van der Waals surface area (Å²) in [5.74, 6) is 1.70. The zero-order chi connectivity index (χ0) is 8.65. The number of allylic oxidation sites excluding steroid dienone is 2. The van der Waals surface area contributed by atoms with Crippen molar-refractivity contribution in [1.82, 2.24) is 0 Å². The van der Waals surface area contributed by atoms with Crippen molar-refractivity contribution in [1.29, 1.82) is 0 Å². The van der Waals surface area contributed by atoms with Crippen LogP contribution in [0.15, 0.2) is 11.6 Å². The molecule has 0 radical (unpaired) electrons. The van der Waals surface area contributed by atoms with E-state index in [1.807, 2.05) is 0 Å². The lowest BCUT2D eigenvalue weighted by atomic mass is 9.89. The van der Waals surface area contributed by atoms with Crippen molar-refractivity contribution in [2.75, 3.05) is 0 Å². The molecule has 3 atom stereocenters. The molecule has 1 saturated carbocycles. The predicted octanol–water partition coefficient (Wildman–Crippen LogP) is 3.63. The van der Waals surface area contributed by atoms with Gasteiger partial charge in [-0.25, -0.2) is 0 Å². The molecular formula is C11H20. The van der Waals surface area contributed by atoms with Crippen molar-refractivity contribution in [2.24, 2.45) is 17.3 Å². The average molecular weight is 152 g/mol. The summed E-state index contributed by atoms with van der Waals surface area (Å²) in [6.07, 6.45) is 3.82. The fourth-order valence-electron chi connectivity index (χ4n) is 1.93. The molecule has 1 rings (SSSR count). The first-order valence-electron chi connectivity index (χ1n) is 4.62. The van der Waals surface area contributed by atoms with E-state index in [0.29, 0.717) is 5.41 Å². The maximum atomic E-state index is 2.41. The molecule has 0 N–H and O–H groups in total. The third kappa shape index (κ3) is 1.66. The highest BCUT2D eigenvalue weighted by Crippen LogP contribution is 2.57. The molecule has 0 bridgehead atoms. The molecule has 0 aromatic carbocycles. The van der Waals surface area contributed by atoms with Crippen molar-refractivity contribution in [3.05, 3.63) is 11.6 Å². The third-order valence-electron chi connectivity index (χ3n) is 3.34. The van der Waals surface area contributed by atoms with E-state index in [-0.39, 0.29) is 0 Å². The van der Waals surface area contributed by atoms with Crippen LogP contribution in [0.1, 0.15) is 41.0 Å². The topological polar surface area (TPSA) is 0 Å². The van der Waals surface area contributed by atoms with Gasteiger partial charge in [-0.1, -0.05) is 32.4 Å². The first kappa shape index (κ1) is 8.83. The Morgan fingerprint density at radius 2 is 2.00 bits per heavy atom. The van der Waals surface area contributed by atoms with Gasteiger partial charge in [0.05, 0.1) is 0 Å². The highest BCUT2D eigenvalue weighted by atomic mass is 14.5. The first-order chi connectivity index (χ1) is 4.97. The molecule has 0 amide bonds. The molecule has 0 heterocycles. The van der Waals surface area contributed by atoms with E-state index in [0.717, 1.165) is 11.8 Å². The van der Waals surface area contributed by atoms with Crippen molar-refractivity contribution in [3.8, 4) is 0 Å². The Bertz CT molecular complexity index is 174. The van der Waals surface area contributed by atoms with Crippen LogP contribution in [-0.2, 0) is 0 Å². The minimum atomic E-state index is 0.622. The van der Waals surface area contributed by atoms with Gasteiger partial charge in [0.15, 0.2) is 0 Å². The largest absolute Gasteiger partial charge is 0.0825 e. The molecule has 0 saturated heterocycles. The second-order valence-electron chi connectivity index (χ2n) is 4.64. The Morgan fingerprint density at radius 1 is 1.55 bits per heavy atom. The molecule has 0 aromatic rings. The predicted molar refractivity (Wildman–Crippen MR) is 50.5 cm³/mol. The SMILES string of the molecule is CC(C)=CC(C)C1(C)CC1C. The molecule has 1 aliphatic rings.